The van der Waals surface area contributed by atoms with E-state index in [1.165, 1.54) is 0 Å². The van der Waals surface area contributed by atoms with E-state index < -0.39 is 10.6 Å². The van der Waals surface area contributed by atoms with Crippen molar-refractivity contribution in [2.24, 2.45) is 0 Å². The minimum atomic E-state index is -2.86. The summed E-state index contributed by atoms with van der Waals surface area (Å²) < 4.78 is 21.4. The van der Waals surface area contributed by atoms with Crippen LogP contribution in [0.5, 0.6) is 0 Å². The summed E-state index contributed by atoms with van der Waals surface area (Å²) >= 11 is 0. The van der Waals surface area contributed by atoms with Gasteiger partial charge in [0.15, 0.2) is 0 Å². The van der Waals surface area contributed by atoms with E-state index in [1.807, 2.05) is 49.4 Å². The molecule has 2 aliphatic heterocycles. The lowest BCUT2D eigenvalue weighted by Gasteiger charge is -2.32. The van der Waals surface area contributed by atoms with Gasteiger partial charge in [-0.15, -0.1) is 0 Å². The van der Waals surface area contributed by atoms with Crippen molar-refractivity contribution in [1.82, 2.24) is 10.3 Å². The molecule has 1 saturated heterocycles. The second kappa shape index (κ2) is 8.37. The van der Waals surface area contributed by atoms with Gasteiger partial charge in [-0.2, -0.15) is 10.6 Å². The van der Waals surface area contributed by atoms with Crippen LogP contribution in [0.4, 0.5) is 11.5 Å². The van der Waals surface area contributed by atoms with Crippen LogP contribution in [0.3, 0.4) is 0 Å². The first-order chi connectivity index (χ1) is 15.4. The van der Waals surface area contributed by atoms with Crippen molar-refractivity contribution in [3.8, 4) is 0 Å². The Kier molecular flexibility index (Phi) is 5.54. The van der Waals surface area contributed by atoms with E-state index in [9.17, 15) is 13.9 Å². The number of pyridine rings is 1. The highest BCUT2D eigenvalue weighted by Crippen LogP contribution is 2.51. The number of anilines is 2. The van der Waals surface area contributed by atoms with Gasteiger partial charge in [0.05, 0.1) is 27.9 Å². The molecular formula is C24H28N4O3S. The van der Waals surface area contributed by atoms with Crippen LogP contribution in [0.25, 0.3) is 10.9 Å². The Labute approximate surface area is 189 Å². The molecule has 7 nitrogen and oxygen atoms in total. The van der Waals surface area contributed by atoms with Crippen LogP contribution >= 0.6 is 10.6 Å². The van der Waals surface area contributed by atoms with E-state index in [-0.39, 0.29) is 17.7 Å². The number of rotatable bonds is 3. The standard InChI is InChI=1S/C24H28N4O3S/c1-16-8-9-19-18(13-16)21(27-24(29)20-6-4-10-25-20)14-23(26-19)28-11-12-32(30,31)22-7-3-2-5-17(22)15-28/h2-3,5,7-9,13-14,20,25,30-31H,4,6,10-12,15H2,1H3,(H,26,27,29)/t20-/m0/s1. The van der Waals surface area contributed by atoms with Gasteiger partial charge >= 0.3 is 0 Å². The molecule has 4 N–H and O–H groups in total. The number of hydrogen-bond acceptors (Lipinski definition) is 6. The molecule has 0 saturated carbocycles. The minimum Gasteiger partial charge on any atom is -0.351 e. The quantitative estimate of drug-likeness (QED) is 0.471. The number of benzene rings is 2. The average molecular weight is 453 g/mol. The molecule has 8 heteroatoms. The lowest BCUT2D eigenvalue weighted by molar-refractivity contribution is -0.117. The number of hydrogen-bond donors (Lipinski definition) is 4. The molecule has 0 radical (unpaired) electrons. The predicted octanol–water partition coefficient (Wildman–Crippen LogP) is 4.36. The molecule has 1 atom stereocenters. The molecule has 1 aromatic heterocycles. The molecule has 3 aromatic rings. The first-order valence-corrected chi connectivity index (χ1v) is 12.7. The second-order valence-electron chi connectivity index (χ2n) is 8.59. The van der Waals surface area contributed by atoms with Gasteiger partial charge in [0.2, 0.25) is 5.91 Å². The number of nitrogens with one attached hydrogen (secondary N) is 2. The van der Waals surface area contributed by atoms with Crippen molar-refractivity contribution in [3.63, 3.8) is 0 Å². The van der Waals surface area contributed by atoms with Crippen LogP contribution in [0.15, 0.2) is 53.4 Å². The van der Waals surface area contributed by atoms with E-state index >= 15 is 0 Å². The topological polar surface area (TPSA) is 97.7 Å². The number of carbonyl (C=O) groups is 1. The molecule has 2 aromatic carbocycles. The number of amides is 1. The summed E-state index contributed by atoms with van der Waals surface area (Å²) in [4.78, 5) is 20.4. The van der Waals surface area contributed by atoms with Crippen LogP contribution in [0.1, 0.15) is 24.0 Å². The predicted molar refractivity (Wildman–Crippen MR) is 130 cm³/mol. The third-order valence-corrected chi connectivity index (χ3v) is 8.10. The zero-order chi connectivity index (χ0) is 22.3. The molecule has 168 valence electrons. The Hall–Kier alpha value is -2.65. The van der Waals surface area contributed by atoms with Gasteiger partial charge in [-0.05, 0) is 50.1 Å². The Morgan fingerprint density at radius 2 is 2.06 bits per heavy atom. The van der Waals surface area contributed by atoms with Gasteiger partial charge in [-0.3, -0.25) is 13.9 Å². The van der Waals surface area contributed by atoms with Crippen molar-refractivity contribution in [2.45, 2.75) is 37.2 Å². The van der Waals surface area contributed by atoms with Crippen molar-refractivity contribution in [2.75, 3.05) is 29.1 Å². The van der Waals surface area contributed by atoms with Crippen LogP contribution in [0.2, 0.25) is 0 Å². The second-order valence-corrected chi connectivity index (χ2v) is 10.8. The van der Waals surface area contributed by atoms with Gasteiger partial charge < -0.3 is 15.5 Å². The van der Waals surface area contributed by atoms with E-state index in [0.29, 0.717) is 23.8 Å². The summed E-state index contributed by atoms with van der Waals surface area (Å²) in [7, 11) is -2.86. The summed E-state index contributed by atoms with van der Waals surface area (Å²) in [6, 6.07) is 15.2. The number of carbonyl (C=O) groups excluding carboxylic acids is 1. The fourth-order valence-electron chi connectivity index (χ4n) is 4.50. The van der Waals surface area contributed by atoms with Crippen molar-refractivity contribution in [3.05, 3.63) is 59.7 Å². The lowest BCUT2D eigenvalue weighted by atomic mass is 10.1. The van der Waals surface area contributed by atoms with Crippen molar-refractivity contribution in [1.29, 1.82) is 0 Å². The van der Waals surface area contributed by atoms with Crippen LogP contribution in [-0.2, 0) is 11.3 Å². The Bertz CT molecular complexity index is 1180. The fourth-order valence-corrected chi connectivity index (χ4v) is 6.04. The summed E-state index contributed by atoms with van der Waals surface area (Å²) in [5.41, 5.74) is 3.51. The fraction of sp³-hybridized carbons (Fsp3) is 0.333. The maximum Gasteiger partial charge on any atom is 0.241 e. The lowest BCUT2D eigenvalue weighted by Crippen LogP contribution is -2.35. The zero-order valence-electron chi connectivity index (χ0n) is 18.0. The molecule has 0 spiro atoms. The highest BCUT2D eigenvalue weighted by Gasteiger charge is 2.27. The number of aromatic nitrogens is 1. The maximum absolute atomic E-state index is 12.9. The normalized spacial score (nSPS) is 21.1. The number of aryl methyl sites for hydroxylation is 1. The molecule has 3 heterocycles. The molecule has 2 aliphatic rings. The van der Waals surface area contributed by atoms with Gasteiger partial charge in [-0.25, -0.2) is 4.98 Å². The number of fused-ring (bicyclic) bond motifs is 2. The third-order valence-electron chi connectivity index (χ3n) is 6.24. The van der Waals surface area contributed by atoms with Crippen molar-refractivity contribution < 1.29 is 13.9 Å². The molecule has 0 bridgehead atoms. The maximum atomic E-state index is 12.9. The molecule has 1 amide bonds. The minimum absolute atomic E-state index is 0.0298. The summed E-state index contributed by atoms with van der Waals surface area (Å²) in [6.07, 6.45) is 1.83. The van der Waals surface area contributed by atoms with Gasteiger partial charge in [0.25, 0.3) is 0 Å². The van der Waals surface area contributed by atoms with E-state index in [1.54, 1.807) is 6.07 Å². The monoisotopic (exact) mass is 452 g/mol. The molecule has 0 aliphatic carbocycles. The van der Waals surface area contributed by atoms with Gasteiger partial charge in [0.1, 0.15) is 5.82 Å². The molecule has 1 fully saturated rings. The SMILES string of the molecule is Cc1ccc2nc(N3CCS(O)(O)c4ccccc4C3)cc(NC(=O)[C@@H]3CCCN3)c2c1. The first-order valence-electron chi connectivity index (χ1n) is 11.0. The van der Waals surface area contributed by atoms with Crippen LogP contribution in [-0.4, -0.2) is 44.9 Å². The molecule has 0 unspecified atom stereocenters. The van der Waals surface area contributed by atoms with Gasteiger partial charge in [0, 0.05) is 24.5 Å². The summed E-state index contributed by atoms with van der Waals surface area (Å²) in [6.45, 7) is 3.86. The highest BCUT2D eigenvalue weighted by molar-refractivity contribution is 8.24. The highest BCUT2D eigenvalue weighted by atomic mass is 32.3. The summed E-state index contributed by atoms with van der Waals surface area (Å²) in [5.74, 6) is 0.923. The smallest absolute Gasteiger partial charge is 0.241 e. The van der Waals surface area contributed by atoms with Gasteiger partial charge in [-0.1, -0.05) is 29.8 Å². The number of nitrogens with zero attached hydrogens (tertiary/aromatic N) is 2. The molecular weight excluding hydrogens is 424 g/mol. The van der Waals surface area contributed by atoms with Crippen LogP contribution < -0.4 is 15.5 Å². The van der Waals surface area contributed by atoms with E-state index in [0.717, 1.165) is 47.1 Å². The first kappa shape index (κ1) is 21.2. The van der Waals surface area contributed by atoms with Crippen molar-refractivity contribution >= 4 is 38.9 Å². The molecule has 32 heavy (non-hydrogen) atoms. The Morgan fingerprint density at radius 3 is 2.88 bits per heavy atom. The zero-order valence-corrected chi connectivity index (χ0v) is 18.9. The van der Waals surface area contributed by atoms with Crippen LogP contribution in [0, 0.1) is 6.92 Å². The molecule has 5 rings (SSSR count). The summed E-state index contributed by atoms with van der Waals surface area (Å²) in [5, 5.41) is 7.28. The average Bonchev–Trinajstić information content (AvgIpc) is 3.28. The third kappa shape index (κ3) is 4.06. The van der Waals surface area contributed by atoms with E-state index in [4.69, 9.17) is 4.98 Å². The Morgan fingerprint density at radius 1 is 1.22 bits per heavy atom. The largest absolute Gasteiger partial charge is 0.351 e. The van der Waals surface area contributed by atoms with E-state index in [2.05, 4.69) is 15.5 Å². The Balaban J connectivity index is 1.54.